The highest BCUT2D eigenvalue weighted by Crippen LogP contribution is 2.26. The minimum absolute atomic E-state index is 0. The number of likely N-dealkylation sites (N-methyl/N-ethyl adjacent to an activating group) is 1. The van der Waals surface area contributed by atoms with Gasteiger partial charge in [0.15, 0.2) is 5.96 Å². The predicted octanol–water partition coefficient (Wildman–Crippen LogP) is 4.12. The SMILES string of the molecule is CCNC(=NCC1(N(C)C)CCOCC1)N(C)Cc1ccc(Cl)c(Cl)c1.I. The minimum atomic E-state index is 0. The van der Waals surface area contributed by atoms with Crippen LogP contribution in [0.3, 0.4) is 0 Å². The molecule has 27 heavy (non-hydrogen) atoms. The minimum Gasteiger partial charge on any atom is -0.381 e. The molecule has 1 aliphatic heterocycles. The molecule has 1 aromatic carbocycles. The van der Waals surface area contributed by atoms with Crippen LogP contribution in [0.4, 0.5) is 0 Å². The first-order valence-corrected chi connectivity index (χ1v) is 9.82. The van der Waals surface area contributed by atoms with E-state index in [2.05, 4.69) is 36.1 Å². The number of guanidine groups is 1. The normalized spacial score (nSPS) is 16.8. The Labute approximate surface area is 190 Å². The first kappa shape index (κ1) is 24.8. The fraction of sp³-hybridized carbons (Fsp3) is 0.632. The lowest BCUT2D eigenvalue weighted by molar-refractivity contribution is -0.00262. The summed E-state index contributed by atoms with van der Waals surface area (Å²) in [5, 5.41) is 4.54. The van der Waals surface area contributed by atoms with E-state index in [4.69, 9.17) is 32.9 Å². The van der Waals surface area contributed by atoms with E-state index in [1.54, 1.807) is 0 Å². The van der Waals surface area contributed by atoms with Gasteiger partial charge in [0.2, 0.25) is 0 Å². The van der Waals surface area contributed by atoms with Crippen LogP contribution in [-0.2, 0) is 11.3 Å². The summed E-state index contributed by atoms with van der Waals surface area (Å²) >= 11 is 12.2. The quantitative estimate of drug-likeness (QED) is 0.342. The van der Waals surface area contributed by atoms with Crippen LogP contribution < -0.4 is 5.32 Å². The van der Waals surface area contributed by atoms with Gasteiger partial charge in [-0.05, 0) is 51.6 Å². The van der Waals surface area contributed by atoms with Crippen molar-refractivity contribution in [1.29, 1.82) is 0 Å². The third-order valence-corrected chi connectivity index (χ3v) is 5.73. The van der Waals surface area contributed by atoms with E-state index in [0.717, 1.165) is 50.7 Å². The maximum atomic E-state index is 6.14. The van der Waals surface area contributed by atoms with E-state index in [1.165, 1.54) is 0 Å². The molecule has 0 unspecified atom stereocenters. The first-order chi connectivity index (χ1) is 12.4. The van der Waals surface area contributed by atoms with Gasteiger partial charge in [0.25, 0.3) is 0 Å². The highest BCUT2D eigenvalue weighted by molar-refractivity contribution is 14.0. The van der Waals surface area contributed by atoms with E-state index in [-0.39, 0.29) is 29.5 Å². The van der Waals surface area contributed by atoms with E-state index in [1.807, 2.05) is 25.2 Å². The van der Waals surface area contributed by atoms with Crippen LogP contribution in [0.2, 0.25) is 10.0 Å². The fourth-order valence-corrected chi connectivity index (χ4v) is 3.50. The Kier molecular flexibility index (Phi) is 10.7. The molecule has 8 heteroatoms. The van der Waals surface area contributed by atoms with E-state index >= 15 is 0 Å². The number of ether oxygens (including phenoxy) is 1. The molecule has 0 atom stereocenters. The van der Waals surface area contributed by atoms with Gasteiger partial charge in [-0.1, -0.05) is 29.3 Å². The van der Waals surface area contributed by atoms with Crippen LogP contribution in [0.25, 0.3) is 0 Å². The van der Waals surface area contributed by atoms with E-state index < -0.39 is 0 Å². The Balaban J connectivity index is 0.00000364. The van der Waals surface area contributed by atoms with Gasteiger partial charge in [-0.2, -0.15) is 0 Å². The molecule has 0 aliphatic carbocycles. The molecule has 5 nitrogen and oxygen atoms in total. The molecule has 0 radical (unpaired) electrons. The summed E-state index contributed by atoms with van der Waals surface area (Å²) in [7, 11) is 6.30. The van der Waals surface area contributed by atoms with Crippen molar-refractivity contribution in [3.8, 4) is 0 Å². The molecular formula is C19H31Cl2IN4O. The monoisotopic (exact) mass is 528 g/mol. The summed E-state index contributed by atoms with van der Waals surface area (Å²) in [5.74, 6) is 0.895. The number of halogens is 3. The highest BCUT2D eigenvalue weighted by Gasteiger charge is 2.34. The van der Waals surface area contributed by atoms with Crippen molar-refractivity contribution in [2.45, 2.75) is 31.8 Å². The number of aliphatic imine (C=N–C) groups is 1. The number of hydrogen-bond acceptors (Lipinski definition) is 3. The Morgan fingerprint density at radius 1 is 1.19 bits per heavy atom. The second-order valence-corrected chi connectivity index (χ2v) is 7.82. The summed E-state index contributed by atoms with van der Waals surface area (Å²) < 4.78 is 5.55. The van der Waals surface area contributed by atoms with Crippen LogP contribution in [0.1, 0.15) is 25.3 Å². The van der Waals surface area contributed by atoms with Crippen molar-refractivity contribution >= 4 is 53.1 Å². The van der Waals surface area contributed by atoms with Crippen molar-refractivity contribution in [3.05, 3.63) is 33.8 Å². The van der Waals surface area contributed by atoms with Gasteiger partial charge in [-0.3, -0.25) is 4.99 Å². The van der Waals surface area contributed by atoms with Gasteiger partial charge >= 0.3 is 0 Å². The van der Waals surface area contributed by atoms with Gasteiger partial charge in [-0.25, -0.2) is 0 Å². The number of hydrogen-bond donors (Lipinski definition) is 1. The van der Waals surface area contributed by atoms with Gasteiger partial charge in [0.1, 0.15) is 0 Å². The molecule has 1 fully saturated rings. The van der Waals surface area contributed by atoms with Gasteiger partial charge in [0, 0.05) is 38.9 Å². The molecule has 1 N–H and O–H groups in total. The predicted molar refractivity (Wildman–Crippen MR) is 126 cm³/mol. The van der Waals surface area contributed by atoms with Crippen molar-refractivity contribution in [2.75, 3.05) is 47.4 Å². The van der Waals surface area contributed by atoms with Gasteiger partial charge in [-0.15, -0.1) is 24.0 Å². The smallest absolute Gasteiger partial charge is 0.194 e. The maximum Gasteiger partial charge on any atom is 0.194 e. The maximum absolute atomic E-state index is 6.14. The lowest BCUT2D eigenvalue weighted by Crippen LogP contribution is -2.51. The number of nitrogens with one attached hydrogen (secondary N) is 1. The van der Waals surface area contributed by atoms with Crippen LogP contribution in [0.5, 0.6) is 0 Å². The number of nitrogens with zero attached hydrogens (tertiary/aromatic N) is 3. The van der Waals surface area contributed by atoms with Crippen molar-refractivity contribution in [1.82, 2.24) is 15.1 Å². The zero-order chi connectivity index (χ0) is 19.2. The Morgan fingerprint density at radius 2 is 1.85 bits per heavy atom. The molecule has 2 rings (SSSR count). The Bertz CT molecular complexity index is 622. The van der Waals surface area contributed by atoms with Crippen molar-refractivity contribution in [2.24, 2.45) is 4.99 Å². The zero-order valence-electron chi connectivity index (χ0n) is 16.6. The van der Waals surface area contributed by atoms with Crippen LogP contribution in [-0.4, -0.2) is 68.7 Å². The number of rotatable bonds is 6. The molecule has 0 amide bonds. The molecule has 1 heterocycles. The van der Waals surface area contributed by atoms with E-state index in [9.17, 15) is 0 Å². The van der Waals surface area contributed by atoms with Crippen LogP contribution in [0, 0.1) is 0 Å². The molecular weight excluding hydrogens is 498 g/mol. The molecule has 0 bridgehead atoms. The van der Waals surface area contributed by atoms with Crippen molar-refractivity contribution in [3.63, 3.8) is 0 Å². The molecule has 0 spiro atoms. The third-order valence-electron chi connectivity index (χ3n) is 5.00. The second kappa shape index (κ2) is 11.7. The second-order valence-electron chi connectivity index (χ2n) is 7.01. The van der Waals surface area contributed by atoms with Crippen LogP contribution in [0.15, 0.2) is 23.2 Å². The van der Waals surface area contributed by atoms with Crippen LogP contribution >= 0.6 is 47.2 Å². The highest BCUT2D eigenvalue weighted by atomic mass is 127. The number of benzene rings is 1. The molecule has 0 aromatic heterocycles. The van der Waals surface area contributed by atoms with E-state index in [0.29, 0.717) is 16.6 Å². The zero-order valence-corrected chi connectivity index (χ0v) is 20.4. The molecule has 1 aromatic rings. The summed E-state index contributed by atoms with van der Waals surface area (Å²) in [5.41, 5.74) is 1.16. The summed E-state index contributed by atoms with van der Waals surface area (Å²) in [4.78, 5) is 9.35. The van der Waals surface area contributed by atoms with Gasteiger partial charge in [0.05, 0.1) is 16.6 Å². The molecule has 0 saturated carbocycles. The third kappa shape index (κ3) is 6.92. The lowest BCUT2D eigenvalue weighted by Gasteiger charge is -2.42. The standard InChI is InChI=1S/C19H30Cl2N4O.HI/c1-5-22-18(23-14-19(24(2)3)8-10-26-11-9-19)25(4)13-15-6-7-16(20)17(21)12-15;/h6-7,12H,5,8-11,13-14H2,1-4H3,(H,22,23);1H. The average molecular weight is 529 g/mol. The fourth-order valence-electron chi connectivity index (χ4n) is 3.18. The van der Waals surface area contributed by atoms with Crippen molar-refractivity contribution < 1.29 is 4.74 Å². The lowest BCUT2D eigenvalue weighted by atomic mass is 9.89. The Hall–Kier alpha value is -0.280. The molecule has 154 valence electrons. The summed E-state index contributed by atoms with van der Waals surface area (Å²) in [6.07, 6.45) is 2.00. The summed E-state index contributed by atoms with van der Waals surface area (Å²) in [6.45, 7) is 5.95. The topological polar surface area (TPSA) is 40.1 Å². The van der Waals surface area contributed by atoms with Gasteiger partial charge < -0.3 is 19.9 Å². The molecule has 1 aliphatic rings. The summed E-state index contributed by atoms with van der Waals surface area (Å²) in [6, 6.07) is 5.73. The Morgan fingerprint density at radius 3 is 2.41 bits per heavy atom. The average Bonchev–Trinajstić information content (AvgIpc) is 2.62. The first-order valence-electron chi connectivity index (χ1n) is 9.06. The largest absolute Gasteiger partial charge is 0.381 e. The molecule has 1 saturated heterocycles.